The number of hydrogen-bond donors (Lipinski definition) is 0. The van der Waals surface area contributed by atoms with Gasteiger partial charge in [-0.15, -0.1) is 11.3 Å². The summed E-state index contributed by atoms with van der Waals surface area (Å²) in [4.78, 5) is 15.3. The smallest absolute Gasteiger partial charge is 0.167 e. The van der Waals surface area contributed by atoms with Crippen molar-refractivity contribution in [1.82, 2.24) is 15.0 Å². The van der Waals surface area contributed by atoms with E-state index in [2.05, 4.69) is 36.4 Å². The lowest BCUT2D eigenvalue weighted by Crippen LogP contribution is -2.00. The summed E-state index contributed by atoms with van der Waals surface area (Å²) < 4.78 is 50.7. The molecule has 0 unspecified atom stereocenters. The van der Waals surface area contributed by atoms with E-state index >= 15 is 0 Å². The standard InChI is InChI=1S/C45H27N3OS/c1-4-14-28(15-5-1)31-20-10-22-33-34-23-12-26-37(40(34)49-39(31)33)44-46-43(30-18-8-3-9-19-30)47-45(48-44)38-27-13-25-36-35-24-11-21-32(41(35)50-42(36)38)29-16-6-2-7-17-29/h1-27H/i2D,6D,7D,16D,17D. The van der Waals surface area contributed by atoms with Crippen molar-refractivity contribution in [2.75, 3.05) is 0 Å². The van der Waals surface area contributed by atoms with Gasteiger partial charge in [0, 0.05) is 47.6 Å². The van der Waals surface area contributed by atoms with Crippen molar-refractivity contribution in [2.24, 2.45) is 0 Å². The highest BCUT2D eigenvalue weighted by Crippen LogP contribution is 2.44. The first kappa shape index (κ1) is 23.8. The summed E-state index contributed by atoms with van der Waals surface area (Å²) in [6.07, 6.45) is 0. The van der Waals surface area contributed by atoms with Gasteiger partial charge in [-0.25, -0.2) is 15.0 Å². The zero-order valence-electron chi connectivity index (χ0n) is 31.4. The Morgan fingerprint density at radius 1 is 0.400 bits per heavy atom. The number of benzene rings is 7. The molecule has 0 aliphatic rings. The maximum absolute atomic E-state index is 8.72. The van der Waals surface area contributed by atoms with Gasteiger partial charge in [-0.05, 0) is 28.8 Å². The fourth-order valence-corrected chi connectivity index (χ4v) is 8.08. The van der Waals surface area contributed by atoms with E-state index in [1.54, 1.807) is 0 Å². The lowest BCUT2D eigenvalue weighted by Gasteiger charge is -2.09. The van der Waals surface area contributed by atoms with Crippen molar-refractivity contribution >= 4 is 53.4 Å². The summed E-state index contributed by atoms with van der Waals surface area (Å²) in [5.74, 6) is 1.45. The molecule has 7 aromatic carbocycles. The molecule has 0 bridgehead atoms. The van der Waals surface area contributed by atoms with E-state index in [-0.39, 0.29) is 29.7 Å². The van der Waals surface area contributed by atoms with Crippen molar-refractivity contribution < 1.29 is 11.3 Å². The SMILES string of the molecule is [2H]c1c([2H])c([2H])c(-c2cccc3c2sc2c(-c4nc(-c5ccccc5)nc(-c5cccc6c5oc5c(-c7ccccc7)cccc56)n4)cccc23)c([2H])c1[2H]. The second-order valence-electron chi connectivity index (χ2n) is 12.0. The highest BCUT2D eigenvalue weighted by molar-refractivity contribution is 7.26. The van der Waals surface area contributed by atoms with Crippen LogP contribution in [-0.4, -0.2) is 15.0 Å². The number of nitrogens with zero attached hydrogens (tertiary/aromatic N) is 3. The molecular weight excluding hydrogens is 631 g/mol. The summed E-state index contributed by atoms with van der Waals surface area (Å²) in [7, 11) is 0. The van der Waals surface area contributed by atoms with Crippen LogP contribution in [0, 0.1) is 0 Å². The lowest BCUT2D eigenvalue weighted by atomic mass is 10.0. The minimum Gasteiger partial charge on any atom is -0.455 e. The summed E-state index contributed by atoms with van der Waals surface area (Å²) in [6, 6.07) is 42.3. The number of para-hydroxylation sites is 2. The molecule has 0 atom stereocenters. The Morgan fingerprint density at radius 3 is 1.58 bits per heavy atom. The minimum atomic E-state index is -0.417. The Morgan fingerprint density at radius 2 is 0.900 bits per heavy atom. The second-order valence-corrected chi connectivity index (χ2v) is 13.0. The third-order valence-electron chi connectivity index (χ3n) is 9.05. The molecule has 10 aromatic rings. The fourth-order valence-electron chi connectivity index (χ4n) is 6.75. The Labute approximate surface area is 299 Å². The Hall–Kier alpha value is -6.43. The molecular formula is C45H27N3OS. The van der Waals surface area contributed by atoms with Crippen molar-refractivity contribution in [2.45, 2.75) is 0 Å². The van der Waals surface area contributed by atoms with E-state index in [1.807, 2.05) is 97.1 Å². The number of rotatable bonds is 5. The normalized spacial score (nSPS) is 13.0. The van der Waals surface area contributed by atoms with Gasteiger partial charge in [0.1, 0.15) is 11.2 Å². The van der Waals surface area contributed by atoms with Crippen molar-refractivity contribution in [1.29, 1.82) is 0 Å². The highest BCUT2D eigenvalue weighted by atomic mass is 32.1. The van der Waals surface area contributed by atoms with Crippen LogP contribution in [-0.2, 0) is 0 Å². The molecule has 5 heteroatoms. The molecule has 0 spiro atoms. The molecule has 234 valence electrons. The quantitative estimate of drug-likeness (QED) is 0.184. The van der Waals surface area contributed by atoms with Gasteiger partial charge in [0.05, 0.1) is 12.4 Å². The minimum absolute atomic E-state index is 0.174. The first-order valence-electron chi connectivity index (χ1n) is 18.7. The third-order valence-corrected chi connectivity index (χ3v) is 10.3. The molecule has 0 radical (unpaired) electrons. The van der Waals surface area contributed by atoms with E-state index in [9.17, 15) is 0 Å². The topological polar surface area (TPSA) is 51.8 Å². The van der Waals surface area contributed by atoms with Crippen LogP contribution < -0.4 is 0 Å². The maximum atomic E-state index is 8.72. The Balaban J connectivity index is 1.21. The van der Waals surface area contributed by atoms with Gasteiger partial charge >= 0.3 is 0 Å². The average molecular weight is 663 g/mol. The molecule has 10 rings (SSSR count). The number of hydrogen-bond acceptors (Lipinski definition) is 5. The number of thiophene rings is 1. The molecule has 0 saturated heterocycles. The van der Waals surface area contributed by atoms with Crippen LogP contribution in [0.4, 0.5) is 0 Å². The van der Waals surface area contributed by atoms with Gasteiger partial charge < -0.3 is 4.42 Å². The molecule has 4 nitrogen and oxygen atoms in total. The number of furan rings is 1. The van der Waals surface area contributed by atoms with Gasteiger partial charge in [-0.3, -0.25) is 0 Å². The van der Waals surface area contributed by atoms with Crippen LogP contribution in [0.25, 0.3) is 98.5 Å². The van der Waals surface area contributed by atoms with Gasteiger partial charge in [-0.1, -0.05) is 152 Å². The molecule has 0 aliphatic carbocycles. The monoisotopic (exact) mass is 662 g/mol. The van der Waals surface area contributed by atoms with Crippen molar-refractivity contribution in [3.05, 3.63) is 164 Å². The molecule has 0 saturated carbocycles. The lowest BCUT2D eigenvalue weighted by molar-refractivity contribution is 0.670. The van der Waals surface area contributed by atoms with E-state index in [4.69, 9.17) is 26.2 Å². The van der Waals surface area contributed by atoms with Crippen LogP contribution in [0.3, 0.4) is 0 Å². The van der Waals surface area contributed by atoms with E-state index in [0.29, 0.717) is 28.6 Å². The zero-order chi connectivity index (χ0) is 37.4. The molecule has 3 heterocycles. The summed E-state index contributed by atoms with van der Waals surface area (Å²) in [5.41, 5.74) is 6.65. The van der Waals surface area contributed by atoms with Gasteiger partial charge in [0.2, 0.25) is 0 Å². The van der Waals surface area contributed by atoms with E-state index in [0.717, 1.165) is 64.3 Å². The largest absolute Gasteiger partial charge is 0.455 e. The van der Waals surface area contributed by atoms with Crippen LogP contribution >= 0.6 is 11.3 Å². The molecule has 0 aliphatic heterocycles. The van der Waals surface area contributed by atoms with E-state index in [1.165, 1.54) is 11.3 Å². The Kier molecular flexibility index (Phi) is 5.54. The first-order valence-corrected chi connectivity index (χ1v) is 17.0. The molecule has 0 N–H and O–H groups in total. The zero-order valence-corrected chi connectivity index (χ0v) is 27.2. The Bertz CT molecular complexity index is 3130. The van der Waals surface area contributed by atoms with Crippen molar-refractivity contribution in [3.8, 4) is 56.4 Å². The fraction of sp³-hybridized carbons (Fsp3) is 0. The first-order chi connectivity index (χ1) is 26.9. The van der Waals surface area contributed by atoms with Crippen LogP contribution in [0.5, 0.6) is 0 Å². The predicted molar refractivity (Wildman–Crippen MR) is 207 cm³/mol. The summed E-state index contributed by atoms with van der Waals surface area (Å²) in [6.45, 7) is 0. The molecule has 3 aromatic heterocycles. The number of aromatic nitrogens is 3. The second kappa shape index (κ2) is 11.6. The van der Waals surface area contributed by atoms with Crippen LogP contribution in [0.2, 0.25) is 0 Å². The van der Waals surface area contributed by atoms with Crippen molar-refractivity contribution in [3.63, 3.8) is 0 Å². The average Bonchev–Trinajstić information content (AvgIpc) is 3.82. The van der Waals surface area contributed by atoms with Gasteiger partial charge in [-0.2, -0.15) is 0 Å². The predicted octanol–water partition coefficient (Wildman–Crippen LogP) is 12.5. The number of fused-ring (bicyclic) bond motifs is 6. The molecule has 0 amide bonds. The van der Waals surface area contributed by atoms with Gasteiger partial charge in [0.25, 0.3) is 0 Å². The molecule has 50 heavy (non-hydrogen) atoms. The van der Waals surface area contributed by atoms with E-state index < -0.39 is 6.04 Å². The maximum Gasteiger partial charge on any atom is 0.167 e. The van der Waals surface area contributed by atoms with Crippen LogP contribution in [0.15, 0.2) is 168 Å². The summed E-state index contributed by atoms with van der Waals surface area (Å²) in [5, 5.41) is 3.81. The highest BCUT2D eigenvalue weighted by Gasteiger charge is 2.21. The summed E-state index contributed by atoms with van der Waals surface area (Å²) >= 11 is 1.49. The molecule has 0 fully saturated rings. The third kappa shape index (κ3) is 4.63. The van der Waals surface area contributed by atoms with Gasteiger partial charge in [0.15, 0.2) is 17.5 Å². The van der Waals surface area contributed by atoms with Crippen LogP contribution in [0.1, 0.15) is 6.85 Å².